The standard InChI is InChI=1S/C17H15NO2/c1-11-7-8-14(9-12(11)2)18-16(19)10-13-5-3-4-6-15(13)17(18)20/h3-9H,10H2,1-2H3. The Morgan fingerprint density at radius 1 is 0.950 bits per heavy atom. The van der Waals surface area contributed by atoms with Gasteiger partial charge >= 0.3 is 0 Å². The van der Waals surface area contributed by atoms with Gasteiger partial charge in [-0.2, -0.15) is 0 Å². The van der Waals surface area contributed by atoms with E-state index in [0.717, 1.165) is 16.7 Å². The number of carbonyl (C=O) groups excluding carboxylic acids is 2. The van der Waals surface area contributed by atoms with E-state index in [1.165, 1.54) is 4.90 Å². The van der Waals surface area contributed by atoms with Crippen molar-refractivity contribution in [2.45, 2.75) is 20.3 Å². The lowest BCUT2D eigenvalue weighted by atomic mass is 9.97. The molecule has 0 unspecified atom stereocenters. The van der Waals surface area contributed by atoms with Crippen molar-refractivity contribution < 1.29 is 9.59 Å². The molecule has 2 amide bonds. The summed E-state index contributed by atoms with van der Waals surface area (Å²) in [5, 5.41) is 0. The first-order chi connectivity index (χ1) is 9.58. The molecular formula is C17H15NO2. The molecule has 0 aliphatic carbocycles. The zero-order valence-corrected chi connectivity index (χ0v) is 11.5. The Balaban J connectivity index is 2.08. The van der Waals surface area contributed by atoms with E-state index in [-0.39, 0.29) is 18.2 Å². The summed E-state index contributed by atoms with van der Waals surface area (Å²) in [6, 6.07) is 12.9. The molecule has 2 aromatic carbocycles. The Morgan fingerprint density at radius 2 is 1.70 bits per heavy atom. The maximum Gasteiger partial charge on any atom is 0.265 e. The van der Waals surface area contributed by atoms with Crippen LogP contribution in [0.15, 0.2) is 42.5 Å². The van der Waals surface area contributed by atoms with Crippen LogP contribution in [0.4, 0.5) is 5.69 Å². The molecule has 0 saturated carbocycles. The lowest BCUT2D eigenvalue weighted by Gasteiger charge is -2.27. The second-order valence-electron chi connectivity index (χ2n) is 5.14. The van der Waals surface area contributed by atoms with Gasteiger partial charge in [0.2, 0.25) is 5.91 Å². The molecule has 1 heterocycles. The number of imide groups is 1. The number of nitrogens with zero attached hydrogens (tertiary/aromatic N) is 1. The van der Waals surface area contributed by atoms with Gasteiger partial charge in [0.25, 0.3) is 5.91 Å². The topological polar surface area (TPSA) is 37.4 Å². The van der Waals surface area contributed by atoms with Crippen LogP contribution in [0.1, 0.15) is 27.0 Å². The average Bonchev–Trinajstić information content (AvgIpc) is 2.43. The summed E-state index contributed by atoms with van der Waals surface area (Å²) in [6.07, 6.45) is 0.273. The predicted octanol–water partition coefficient (Wildman–Crippen LogP) is 3.03. The lowest BCUT2D eigenvalue weighted by Crippen LogP contribution is -2.42. The Morgan fingerprint density at radius 3 is 2.45 bits per heavy atom. The summed E-state index contributed by atoms with van der Waals surface area (Å²) in [5.41, 5.74) is 4.29. The lowest BCUT2D eigenvalue weighted by molar-refractivity contribution is -0.117. The maximum atomic E-state index is 12.5. The number of rotatable bonds is 1. The number of benzene rings is 2. The molecule has 0 atom stereocenters. The molecule has 1 aliphatic heterocycles. The van der Waals surface area contributed by atoms with Gasteiger partial charge in [-0.15, -0.1) is 0 Å². The van der Waals surface area contributed by atoms with Gasteiger partial charge in [0.1, 0.15) is 0 Å². The van der Waals surface area contributed by atoms with Gasteiger partial charge in [-0.1, -0.05) is 24.3 Å². The van der Waals surface area contributed by atoms with Crippen LogP contribution in [0, 0.1) is 13.8 Å². The SMILES string of the molecule is Cc1ccc(N2C(=O)Cc3ccccc3C2=O)cc1C. The number of fused-ring (bicyclic) bond motifs is 1. The second kappa shape index (κ2) is 4.60. The summed E-state index contributed by atoms with van der Waals surface area (Å²) in [5.74, 6) is -0.406. The molecule has 3 rings (SSSR count). The van der Waals surface area contributed by atoms with Crippen molar-refractivity contribution in [1.82, 2.24) is 0 Å². The minimum absolute atomic E-state index is 0.169. The van der Waals surface area contributed by atoms with Crippen molar-refractivity contribution in [3.8, 4) is 0 Å². The van der Waals surface area contributed by atoms with E-state index in [0.29, 0.717) is 11.3 Å². The normalized spacial score (nSPS) is 14.4. The largest absolute Gasteiger partial charge is 0.274 e. The summed E-state index contributed by atoms with van der Waals surface area (Å²) >= 11 is 0. The van der Waals surface area contributed by atoms with Gasteiger partial charge in [-0.25, -0.2) is 4.90 Å². The van der Waals surface area contributed by atoms with Gasteiger partial charge in [-0.05, 0) is 48.7 Å². The fourth-order valence-corrected chi connectivity index (χ4v) is 2.48. The number of aryl methyl sites for hydroxylation is 2. The fourth-order valence-electron chi connectivity index (χ4n) is 2.48. The van der Waals surface area contributed by atoms with Crippen LogP contribution >= 0.6 is 0 Å². The molecule has 0 aromatic heterocycles. The molecule has 3 heteroatoms. The molecule has 20 heavy (non-hydrogen) atoms. The predicted molar refractivity (Wildman–Crippen MR) is 77.9 cm³/mol. The first-order valence-corrected chi connectivity index (χ1v) is 6.60. The van der Waals surface area contributed by atoms with Gasteiger partial charge in [0, 0.05) is 5.56 Å². The minimum atomic E-state index is -0.236. The van der Waals surface area contributed by atoms with Gasteiger partial charge in [0.15, 0.2) is 0 Å². The summed E-state index contributed by atoms with van der Waals surface area (Å²) < 4.78 is 0. The number of carbonyl (C=O) groups is 2. The molecule has 2 aromatic rings. The summed E-state index contributed by atoms with van der Waals surface area (Å²) in [6.45, 7) is 3.99. The van der Waals surface area contributed by atoms with Gasteiger partial charge in [-0.3, -0.25) is 9.59 Å². The highest BCUT2D eigenvalue weighted by Gasteiger charge is 2.31. The number of hydrogen-bond donors (Lipinski definition) is 0. The van der Waals surface area contributed by atoms with Crippen LogP contribution in [0.3, 0.4) is 0 Å². The molecule has 0 saturated heterocycles. The number of hydrogen-bond acceptors (Lipinski definition) is 2. The van der Waals surface area contributed by atoms with Crippen LogP contribution < -0.4 is 4.90 Å². The van der Waals surface area contributed by atoms with Crippen molar-refractivity contribution in [3.63, 3.8) is 0 Å². The first kappa shape index (κ1) is 12.6. The molecule has 0 spiro atoms. The molecule has 0 bridgehead atoms. The van der Waals surface area contributed by atoms with Crippen molar-refractivity contribution in [2.24, 2.45) is 0 Å². The van der Waals surface area contributed by atoms with Crippen molar-refractivity contribution >= 4 is 17.5 Å². The first-order valence-electron chi connectivity index (χ1n) is 6.60. The van der Waals surface area contributed by atoms with E-state index in [9.17, 15) is 9.59 Å². The smallest absolute Gasteiger partial charge is 0.265 e. The summed E-state index contributed by atoms with van der Waals surface area (Å²) in [7, 11) is 0. The van der Waals surface area contributed by atoms with Crippen molar-refractivity contribution in [3.05, 3.63) is 64.7 Å². The van der Waals surface area contributed by atoms with Gasteiger partial charge in [0.05, 0.1) is 12.1 Å². The van der Waals surface area contributed by atoms with Crippen LogP contribution in [0.25, 0.3) is 0 Å². The highest BCUT2D eigenvalue weighted by atomic mass is 16.2. The van der Waals surface area contributed by atoms with Crippen molar-refractivity contribution in [2.75, 3.05) is 4.90 Å². The van der Waals surface area contributed by atoms with Crippen LogP contribution in [-0.2, 0) is 11.2 Å². The van der Waals surface area contributed by atoms with Crippen LogP contribution in [-0.4, -0.2) is 11.8 Å². The van der Waals surface area contributed by atoms with E-state index in [2.05, 4.69) is 0 Å². The third-order valence-electron chi connectivity index (χ3n) is 3.79. The molecule has 1 aliphatic rings. The zero-order chi connectivity index (χ0) is 14.3. The van der Waals surface area contributed by atoms with Crippen molar-refractivity contribution in [1.29, 1.82) is 0 Å². The minimum Gasteiger partial charge on any atom is -0.274 e. The molecule has 0 radical (unpaired) electrons. The molecule has 0 N–H and O–H groups in total. The second-order valence-corrected chi connectivity index (χ2v) is 5.14. The maximum absolute atomic E-state index is 12.5. The third-order valence-corrected chi connectivity index (χ3v) is 3.79. The summed E-state index contributed by atoms with van der Waals surface area (Å²) in [4.78, 5) is 26.1. The van der Waals surface area contributed by atoms with Gasteiger partial charge < -0.3 is 0 Å². The quantitative estimate of drug-likeness (QED) is 0.743. The average molecular weight is 265 g/mol. The van der Waals surface area contributed by atoms with Crippen LogP contribution in [0.5, 0.6) is 0 Å². The van der Waals surface area contributed by atoms with E-state index in [4.69, 9.17) is 0 Å². The Kier molecular flexibility index (Phi) is 2.90. The van der Waals surface area contributed by atoms with E-state index in [1.54, 1.807) is 6.07 Å². The number of amides is 2. The van der Waals surface area contributed by atoms with Crippen LogP contribution in [0.2, 0.25) is 0 Å². The van der Waals surface area contributed by atoms with E-state index < -0.39 is 0 Å². The Bertz CT molecular complexity index is 719. The van der Waals surface area contributed by atoms with E-state index in [1.807, 2.05) is 50.2 Å². The zero-order valence-electron chi connectivity index (χ0n) is 11.5. The highest BCUT2D eigenvalue weighted by Crippen LogP contribution is 2.26. The highest BCUT2D eigenvalue weighted by molar-refractivity contribution is 6.24. The Hall–Kier alpha value is -2.42. The molecule has 0 fully saturated rings. The molecular weight excluding hydrogens is 250 g/mol. The van der Waals surface area contributed by atoms with E-state index >= 15 is 0 Å². The molecule has 3 nitrogen and oxygen atoms in total. The monoisotopic (exact) mass is 265 g/mol. The third kappa shape index (κ3) is 1.92. The fraction of sp³-hybridized carbons (Fsp3) is 0.176. The Labute approximate surface area is 117 Å². The number of anilines is 1. The molecule has 100 valence electrons.